The molecular formula is C23H26ClN3O3. The Bertz CT molecular complexity index is 1040. The van der Waals surface area contributed by atoms with E-state index >= 15 is 0 Å². The van der Waals surface area contributed by atoms with Crippen LogP contribution in [0.25, 0.3) is 10.9 Å². The summed E-state index contributed by atoms with van der Waals surface area (Å²) < 4.78 is 8.20. The smallest absolute Gasteiger partial charge is 0.407 e. The third kappa shape index (κ3) is 4.02. The molecule has 4 rings (SSSR count). The number of carbonyl (C=O) groups is 1. The first kappa shape index (κ1) is 20.7. The van der Waals surface area contributed by atoms with Gasteiger partial charge in [-0.25, -0.2) is 4.79 Å². The lowest BCUT2D eigenvalue weighted by Crippen LogP contribution is -2.47. The molecule has 6 nitrogen and oxygen atoms in total. The van der Waals surface area contributed by atoms with E-state index in [1.54, 1.807) is 4.68 Å². The molecule has 0 radical (unpaired) electrons. The molecule has 0 bridgehead atoms. The van der Waals surface area contributed by atoms with Gasteiger partial charge >= 0.3 is 6.09 Å². The molecule has 0 spiro atoms. The number of hydrogen-bond acceptors (Lipinski definition) is 3. The molecule has 1 aliphatic rings. The molecule has 1 fully saturated rings. The van der Waals surface area contributed by atoms with E-state index < -0.39 is 6.09 Å². The van der Waals surface area contributed by atoms with Gasteiger partial charge in [0.25, 0.3) is 0 Å². The van der Waals surface area contributed by atoms with Gasteiger partial charge in [0.05, 0.1) is 18.2 Å². The molecule has 1 atom stereocenters. The molecule has 2 heterocycles. The summed E-state index contributed by atoms with van der Waals surface area (Å²) >= 11 is 6.34. The van der Waals surface area contributed by atoms with Crippen molar-refractivity contribution in [2.24, 2.45) is 7.05 Å². The fourth-order valence-corrected chi connectivity index (χ4v) is 4.60. The number of hydrogen-bond donors (Lipinski definition) is 1. The van der Waals surface area contributed by atoms with Crippen LogP contribution in [-0.4, -0.2) is 45.6 Å². The van der Waals surface area contributed by atoms with Gasteiger partial charge in [0.15, 0.2) is 0 Å². The van der Waals surface area contributed by atoms with Crippen molar-refractivity contribution in [2.45, 2.75) is 31.3 Å². The monoisotopic (exact) mass is 427 g/mol. The molecule has 1 aliphatic heterocycles. The van der Waals surface area contributed by atoms with Crippen LogP contribution in [0.15, 0.2) is 48.7 Å². The van der Waals surface area contributed by atoms with Gasteiger partial charge in [-0.1, -0.05) is 41.9 Å². The molecule has 1 aromatic heterocycles. The number of aromatic nitrogens is 2. The average molecular weight is 428 g/mol. The Morgan fingerprint density at radius 3 is 2.63 bits per heavy atom. The van der Waals surface area contributed by atoms with E-state index in [1.165, 1.54) is 10.5 Å². The Hall–Kier alpha value is -2.57. The maximum atomic E-state index is 11.4. The first-order valence-corrected chi connectivity index (χ1v) is 10.5. The van der Waals surface area contributed by atoms with Gasteiger partial charge in [0.1, 0.15) is 0 Å². The van der Waals surface area contributed by atoms with Crippen molar-refractivity contribution in [3.8, 4) is 0 Å². The van der Waals surface area contributed by atoms with Gasteiger partial charge in [-0.2, -0.15) is 5.10 Å². The van der Waals surface area contributed by atoms with Gasteiger partial charge in [-0.15, -0.1) is 0 Å². The summed E-state index contributed by atoms with van der Waals surface area (Å²) in [4.78, 5) is 12.9. The summed E-state index contributed by atoms with van der Waals surface area (Å²) in [5.74, 6) is 0. The van der Waals surface area contributed by atoms with Gasteiger partial charge in [-0.3, -0.25) is 4.68 Å². The predicted molar refractivity (Wildman–Crippen MR) is 117 cm³/mol. The number of fused-ring (bicyclic) bond motifs is 1. The number of piperidine rings is 1. The number of benzene rings is 2. The highest BCUT2D eigenvalue weighted by Gasteiger charge is 2.38. The second-order valence-corrected chi connectivity index (χ2v) is 8.54. The molecule has 3 aromatic rings. The Balaban J connectivity index is 1.58. The standard InChI is InChI=1S/C23H26ClN3O3/c1-16(20-13-19(24)12-17-14-26(2)25-21(17)20)30-15-23(18-6-4-3-5-7-18)8-10-27(11-9-23)22(28)29/h3-7,12-14,16H,8-11,15H2,1-2H3,(H,28,29). The maximum Gasteiger partial charge on any atom is 0.407 e. The number of carboxylic acid groups (broad SMARTS) is 1. The third-order valence-electron chi connectivity index (χ3n) is 6.14. The molecular weight excluding hydrogens is 402 g/mol. The fraction of sp³-hybridized carbons (Fsp3) is 0.391. The Morgan fingerprint density at radius 1 is 1.27 bits per heavy atom. The minimum absolute atomic E-state index is 0.195. The Kier molecular flexibility index (Phi) is 5.71. The summed E-state index contributed by atoms with van der Waals surface area (Å²) in [6.45, 7) is 3.53. The summed E-state index contributed by atoms with van der Waals surface area (Å²) in [5.41, 5.74) is 2.83. The molecule has 30 heavy (non-hydrogen) atoms. The van der Waals surface area contributed by atoms with Crippen LogP contribution < -0.4 is 0 Å². The first-order valence-electron chi connectivity index (χ1n) is 10.2. The van der Waals surface area contributed by atoms with E-state index in [-0.39, 0.29) is 11.5 Å². The third-order valence-corrected chi connectivity index (χ3v) is 6.36. The van der Waals surface area contributed by atoms with Crippen molar-refractivity contribution in [3.05, 3.63) is 64.8 Å². The highest BCUT2D eigenvalue weighted by atomic mass is 35.5. The first-order chi connectivity index (χ1) is 14.4. The fourth-order valence-electron chi connectivity index (χ4n) is 4.36. The van der Waals surface area contributed by atoms with E-state index in [2.05, 4.69) is 17.2 Å². The molecule has 1 amide bonds. The van der Waals surface area contributed by atoms with Gasteiger partial charge in [0.2, 0.25) is 0 Å². The lowest BCUT2D eigenvalue weighted by atomic mass is 9.73. The zero-order chi connectivity index (χ0) is 21.3. The van der Waals surface area contributed by atoms with Gasteiger partial charge in [-0.05, 0) is 37.5 Å². The largest absolute Gasteiger partial charge is 0.465 e. The van der Waals surface area contributed by atoms with Crippen LogP contribution in [0.3, 0.4) is 0 Å². The van der Waals surface area contributed by atoms with Crippen molar-refractivity contribution in [3.63, 3.8) is 0 Å². The number of nitrogens with zero attached hydrogens (tertiary/aromatic N) is 3. The summed E-state index contributed by atoms with van der Waals surface area (Å²) in [6, 6.07) is 14.1. The van der Waals surface area contributed by atoms with Gasteiger partial charge in [0, 0.05) is 47.7 Å². The van der Waals surface area contributed by atoms with E-state index in [9.17, 15) is 9.90 Å². The average Bonchev–Trinajstić information content (AvgIpc) is 3.12. The Morgan fingerprint density at radius 2 is 1.97 bits per heavy atom. The van der Waals surface area contributed by atoms with Crippen molar-refractivity contribution >= 4 is 28.6 Å². The maximum absolute atomic E-state index is 11.4. The van der Waals surface area contributed by atoms with Crippen molar-refractivity contribution < 1.29 is 14.6 Å². The summed E-state index contributed by atoms with van der Waals surface area (Å²) in [7, 11) is 1.89. The SMILES string of the molecule is CC(OCC1(c2ccccc2)CCN(C(=O)O)CC1)c1cc(Cl)cc2cn(C)nc12. The summed E-state index contributed by atoms with van der Waals surface area (Å²) in [6.07, 6.45) is 2.35. The number of aryl methyl sites for hydroxylation is 1. The van der Waals surface area contributed by atoms with Crippen LogP contribution in [0.1, 0.15) is 37.0 Å². The topological polar surface area (TPSA) is 67.6 Å². The second-order valence-electron chi connectivity index (χ2n) is 8.10. The number of halogens is 1. The molecule has 1 saturated heterocycles. The van der Waals surface area contributed by atoms with E-state index in [0.29, 0.717) is 24.7 Å². The molecule has 7 heteroatoms. The minimum Gasteiger partial charge on any atom is -0.465 e. The molecule has 158 valence electrons. The van der Waals surface area contributed by atoms with Crippen LogP contribution in [0.4, 0.5) is 4.79 Å². The zero-order valence-corrected chi connectivity index (χ0v) is 18.0. The lowest BCUT2D eigenvalue weighted by molar-refractivity contribution is 0.00558. The highest BCUT2D eigenvalue weighted by Crippen LogP contribution is 2.38. The zero-order valence-electron chi connectivity index (χ0n) is 17.2. The number of rotatable bonds is 5. The minimum atomic E-state index is -0.859. The van der Waals surface area contributed by atoms with Crippen LogP contribution >= 0.6 is 11.6 Å². The predicted octanol–water partition coefficient (Wildman–Crippen LogP) is 5.02. The molecule has 1 unspecified atom stereocenters. The lowest BCUT2D eigenvalue weighted by Gasteiger charge is -2.41. The number of amides is 1. The highest BCUT2D eigenvalue weighted by molar-refractivity contribution is 6.31. The van der Waals surface area contributed by atoms with Crippen LogP contribution in [0, 0.1) is 0 Å². The second kappa shape index (κ2) is 8.28. The van der Waals surface area contributed by atoms with E-state index in [4.69, 9.17) is 16.3 Å². The quantitative estimate of drug-likeness (QED) is 0.621. The molecule has 2 aromatic carbocycles. The summed E-state index contributed by atoms with van der Waals surface area (Å²) in [5, 5.41) is 15.6. The molecule has 0 saturated carbocycles. The molecule has 0 aliphatic carbocycles. The number of ether oxygens (including phenoxy) is 1. The van der Waals surface area contributed by atoms with E-state index in [1.807, 2.05) is 50.5 Å². The van der Waals surface area contributed by atoms with Crippen molar-refractivity contribution in [1.29, 1.82) is 0 Å². The van der Waals surface area contributed by atoms with Crippen LogP contribution in [0.2, 0.25) is 5.02 Å². The number of likely N-dealkylation sites (tertiary alicyclic amines) is 1. The van der Waals surface area contributed by atoms with Crippen molar-refractivity contribution in [1.82, 2.24) is 14.7 Å². The van der Waals surface area contributed by atoms with Crippen LogP contribution in [-0.2, 0) is 17.2 Å². The normalized spacial score (nSPS) is 17.2. The van der Waals surface area contributed by atoms with Crippen LogP contribution in [0.5, 0.6) is 0 Å². The Labute approximate surface area is 181 Å². The van der Waals surface area contributed by atoms with Crippen molar-refractivity contribution in [2.75, 3.05) is 19.7 Å². The van der Waals surface area contributed by atoms with Gasteiger partial charge < -0.3 is 14.7 Å². The van der Waals surface area contributed by atoms with E-state index in [0.717, 1.165) is 29.3 Å². The molecule has 1 N–H and O–H groups in total.